The summed E-state index contributed by atoms with van der Waals surface area (Å²) in [6, 6.07) is 16.1. The van der Waals surface area contributed by atoms with Crippen LogP contribution in [0.4, 0.5) is 22.2 Å². The fraction of sp³-hybridized carbons (Fsp3) is 0.200. The fourth-order valence-corrected chi connectivity index (χ4v) is 4.56. The number of nitrogens with two attached hydrogens (primary N) is 1. The molecule has 4 aromatic rings. The van der Waals surface area contributed by atoms with Crippen molar-refractivity contribution in [1.82, 2.24) is 19.9 Å². The van der Waals surface area contributed by atoms with Gasteiger partial charge in [-0.25, -0.2) is 14.8 Å². The summed E-state index contributed by atoms with van der Waals surface area (Å²) in [4.78, 5) is 30.3. The van der Waals surface area contributed by atoms with E-state index in [1.165, 1.54) is 0 Å². The second-order valence-electron chi connectivity index (χ2n) is 8.23. The molecule has 11 heteroatoms. The molecule has 1 fully saturated rings. The maximum Gasteiger partial charge on any atom is 0.321 e. The van der Waals surface area contributed by atoms with E-state index in [1.807, 2.05) is 24.3 Å². The largest absolute Gasteiger partial charge is 0.495 e. The number of pyridine rings is 1. The third kappa shape index (κ3) is 4.93. The van der Waals surface area contributed by atoms with Crippen LogP contribution in [0.3, 0.4) is 0 Å². The Balaban J connectivity index is 1.37. The molecule has 36 heavy (non-hydrogen) atoms. The van der Waals surface area contributed by atoms with E-state index in [-0.39, 0.29) is 12.0 Å². The van der Waals surface area contributed by atoms with Gasteiger partial charge in [0, 0.05) is 42.5 Å². The van der Waals surface area contributed by atoms with Crippen LogP contribution < -0.4 is 20.7 Å². The highest BCUT2D eigenvalue weighted by Gasteiger charge is 2.24. The molecule has 3 heterocycles. The number of aromatic nitrogens is 3. The van der Waals surface area contributed by atoms with E-state index < -0.39 is 0 Å². The molecule has 1 aliphatic rings. The molecule has 184 valence electrons. The number of piperazine rings is 1. The highest BCUT2D eigenvalue weighted by molar-refractivity contribution is 6.32. The summed E-state index contributed by atoms with van der Waals surface area (Å²) in [5, 5.41) is 3.95. The van der Waals surface area contributed by atoms with E-state index in [1.54, 1.807) is 42.3 Å². The number of methoxy groups -OCH3 is 1. The summed E-state index contributed by atoms with van der Waals surface area (Å²) in [5.74, 6) is 1.39. The van der Waals surface area contributed by atoms with Crippen LogP contribution in [0, 0.1) is 0 Å². The number of hydrogen-bond donors (Lipinski definition) is 2. The minimum absolute atomic E-state index is 0.167. The molecule has 0 radical (unpaired) electrons. The maximum atomic E-state index is 12.7. The van der Waals surface area contributed by atoms with Crippen molar-refractivity contribution in [2.45, 2.75) is 0 Å². The van der Waals surface area contributed by atoms with Gasteiger partial charge >= 0.3 is 6.03 Å². The van der Waals surface area contributed by atoms with Crippen molar-refractivity contribution in [2.24, 2.45) is 0 Å². The molecule has 0 aliphatic carbocycles. The second-order valence-corrected chi connectivity index (χ2v) is 9.08. The monoisotopic (exact) mass is 523 g/mol. The number of hydrogen-bond acceptors (Lipinski definition) is 7. The number of fused-ring (bicyclic) bond motifs is 1. The summed E-state index contributed by atoms with van der Waals surface area (Å²) in [5.41, 5.74) is 9.50. The molecule has 0 saturated carbocycles. The topological polar surface area (TPSA) is 109 Å². The Labute approximate surface area is 217 Å². The molecule has 2 aromatic carbocycles. The Kier molecular flexibility index (Phi) is 6.67. The van der Waals surface area contributed by atoms with Gasteiger partial charge in [0.2, 0.25) is 5.95 Å². The van der Waals surface area contributed by atoms with Crippen LogP contribution in [0.1, 0.15) is 0 Å². The minimum atomic E-state index is -0.180. The number of halogens is 2. The number of benzene rings is 2. The molecule has 1 saturated heterocycles. The van der Waals surface area contributed by atoms with Gasteiger partial charge in [0.05, 0.1) is 23.3 Å². The van der Waals surface area contributed by atoms with Crippen molar-refractivity contribution in [3.63, 3.8) is 0 Å². The van der Waals surface area contributed by atoms with Crippen molar-refractivity contribution in [3.05, 3.63) is 64.6 Å². The van der Waals surface area contributed by atoms with E-state index >= 15 is 0 Å². The van der Waals surface area contributed by atoms with Gasteiger partial charge in [-0.1, -0.05) is 29.3 Å². The zero-order valence-electron chi connectivity index (χ0n) is 19.4. The average Bonchev–Trinajstić information content (AvgIpc) is 2.88. The Morgan fingerprint density at radius 2 is 1.81 bits per heavy atom. The number of anilines is 3. The lowest BCUT2D eigenvalue weighted by Gasteiger charge is -2.35. The lowest BCUT2D eigenvalue weighted by Crippen LogP contribution is -2.50. The summed E-state index contributed by atoms with van der Waals surface area (Å²) in [6.07, 6.45) is 0. The van der Waals surface area contributed by atoms with E-state index in [0.717, 1.165) is 11.3 Å². The van der Waals surface area contributed by atoms with Gasteiger partial charge < -0.3 is 25.6 Å². The molecule has 5 rings (SSSR count). The molecule has 0 bridgehead atoms. The van der Waals surface area contributed by atoms with E-state index in [4.69, 9.17) is 38.7 Å². The Morgan fingerprint density at radius 3 is 2.53 bits per heavy atom. The van der Waals surface area contributed by atoms with Crippen molar-refractivity contribution < 1.29 is 9.53 Å². The van der Waals surface area contributed by atoms with Crippen LogP contribution in [0.15, 0.2) is 54.6 Å². The predicted molar refractivity (Wildman–Crippen MR) is 143 cm³/mol. The van der Waals surface area contributed by atoms with Crippen molar-refractivity contribution in [3.8, 4) is 17.0 Å². The molecule has 3 N–H and O–H groups in total. The summed E-state index contributed by atoms with van der Waals surface area (Å²) in [7, 11) is 1.57. The smallest absolute Gasteiger partial charge is 0.321 e. The number of nitrogens with one attached hydrogen (secondary N) is 1. The quantitative estimate of drug-likeness (QED) is 0.389. The maximum absolute atomic E-state index is 12.7. The van der Waals surface area contributed by atoms with Gasteiger partial charge in [-0.2, -0.15) is 4.98 Å². The number of carbonyl (C=O) groups is 1. The van der Waals surface area contributed by atoms with Crippen LogP contribution in [0.5, 0.6) is 5.75 Å². The average molecular weight is 524 g/mol. The molecule has 2 amide bonds. The summed E-state index contributed by atoms with van der Waals surface area (Å²) >= 11 is 12.3. The van der Waals surface area contributed by atoms with Gasteiger partial charge in [-0.15, -0.1) is 0 Å². The van der Waals surface area contributed by atoms with Gasteiger partial charge in [0.15, 0.2) is 5.82 Å². The number of nitrogen functional groups attached to an aromatic ring is 1. The lowest BCUT2D eigenvalue weighted by molar-refractivity contribution is 0.208. The van der Waals surface area contributed by atoms with Crippen molar-refractivity contribution in [2.75, 3.05) is 49.2 Å². The molecular weight excluding hydrogens is 501 g/mol. The zero-order chi connectivity index (χ0) is 25.2. The fourth-order valence-electron chi connectivity index (χ4n) is 4.11. The summed E-state index contributed by atoms with van der Waals surface area (Å²) < 4.78 is 5.25. The first-order valence-electron chi connectivity index (χ1n) is 11.3. The normalized spacial score (nSPS) is 13.6. The molecule has 1 aliphatic heterocycles. The van der Waals surface area contributed by atoms with Gasteiger partial charge in [-0.3, -0.25) is 0 Å². The Bertz CT molecular complexity index is 1440. The Hall–Kier alpha value is -3.82. The lowest BCUT2D eigenvalue weighted by atomic mass is 10.1. The molecule has 2 aromatic heterocycles. The van der Waals surface area contributed by atoms with Crippen LogP contribution in [-0.2, 0) is 0 Å². The van der Waals surface area contributed by atoms with Crippen LogP contribution in [-0.4, -0.2) is 59.2 Å². The molecule has 0 spiro atoms. The third-order valence-corrected chi connectivity index (χ3v) is 6.46. The minimum Gasteiger partial charge on any atom is -0.495 e. The number of nitrogens with zero attached hydrogens (tertiary/aromatic N) is 5. The predicted octanol–water partition coefficient (Wildman–Crippen LogP) is 4.94. The van der Waals surface area contributed by atoms with Gasteiger partial charge in [-0.05, 0) is 48.5 Å². The highest BCUT2D eigenvalue weighted by atomic mass is 35.5. The van der Waals surface area contributed by atoms with E-state index in [9.17, 15) is 4.79 Å². The first-order chi connectivity index (χ1) is 17.4. The first kappa shape index (κ1) is 23.9. The number of amides is 2. The first-order valence-corrected chi connectivity index (χ1v) is 12.0. The highest BCUT2D eigenvalue weighted by Crippen LogP contribution is 2.32. The van der Waals surface area contributed by atoms with E-state index in [2.05, 4.69) is 20.2 Å². The molecule has 9 nitrogen and oxygen atoms in total. The molecule has 0 unspecified atom stereocenters. The molecule has 0 atom stereocenters. The zero-order valence-corrected chi connectivity index (χ0v) is 20.9. The van der Waals surface area contributed by atoms with Gasteiger partial charge in [0.1, 0.15) is 11.3 Å². The number of ether oxygens (including phenoxy) is 1. The number of carbonyl (C=O) groups excluding carboxylic acids is 1. The number of rotatable bonds is 4. The second kappa shape index (κ2) is 10.0. The van der Waals surface area contributed by atoms with Gasteiger partial charge in [0.25, 0.3) is 0 Å². The van der Waals surface area contributed by atoms with E-state index in [0.29, 0.717) is 64.5 Å². The standard InChI is InChI=1S/C25H23Cl2N7O2/c1-36-21-8-5-15(13-18(21)27)19-6-7-20-22(30-19)23(32-24(28)31-20)33-9-11-34(12-10-33)25(35)29-17-4-2-3-16(26)14-17/h2-8,13-14H,9-12H2,1H3,(H,29,35)(H2,28,31,32). The molecular formula is C25H23Cl2N7O2. The number of urea groups is 1. The summed E-state index contributed by atoms with van der Waals surface area (Å²) in [6.45, 7) is 2.14. The van der Waals surface area contributed by atoms with Crippen LogP contribution in [0.2, 0.25) is 10.0 Å². The van der Waals surface area contributed by atoms with Crippen molar-refractivity contribution in [1.29, 1.82) is 0 Å². The van der Waals surface area contributed by atoms with Crippen LogP contribution >= 0.6 is 23.2 Å². The van der Waals surface area contributed by atoms with Crippen molar-refractivity contribution >= 4 is 57.7 Å². The van der Waals surface area contributed by atoms with Crippen LogP contribution in [0.25, 0.3) is 22.3 Å². The third-order valence-electron chi connectivity index (χ3n) is 5.93. The Morgan fingerprint density at radius 1 is 1.00 bits per heavy atom. The SMILES string of the molecule is COc1ccc(-c2ccc3nc(N)nc(N4CCN(C(=O)Nc5cccc(Cl)c5)CC4)c3n2)cc1Cl.